The Bertz CT molecular complexity index is 486. The second-order valence-electron chi connectivity index (χ2n) is 6.06. The molecule has 0 aromatic carbocycles. The van der Waals surface area contributed by atoms with E-state index in [0.717, 1.165) is 31.9 Å². The Labute approximate surface area is 119 Å². The summed E-state index contributed by atoms with van der Waals surface area (Å²) in [7, 11) is 2.16. The average molecular weight is 277 g/mol. The summed E-state index contributed by atoms with van der Waals surface area (Å²) in [4.78, 5) is 18.2. The van der Waals surface area contributed by atoms with E-state index in [1.165, 1.54) is 6.42 Å². The number of fused-ring (bicyclic) bond motifs is 1. The van der Waals surface area contributed by atoms with Crippen molar-refractivity contribution in [3.8, 4) is 0 Å². The Balaban J connectivity index is 1.61. The first-order valence-electron chi connectivity index (χ1n) is 7.51. The van der Waals surface area contributed by atoms with Gasteiger partial charge in [-0.05, 0) is 38.6 Å². The van der Waals surface area contributed by atoms with Crippen LogP contribution in [0.15, 0.2) is 6.33 Å². The smallest absolute Gasteiger partial charge is 0.220 e. The normalized spacial score (nSPS) is 29.6. The third kappa shape index (κ3) is 2.57. The molecular formula is C14H23N5O. The number of aryl methyl sites for hydroxylation is 1. The van der Waals surface area contributed by atoms with Crippen molar-refractivity contribution in [2.24, 2.45) is 11.8 Å². The number of rotatable bonds is 4. The molecule has 3 rings (SSSR count). The minimum Gasteiger partial charge on any atom is -0.356 e. The van der Waals surface area contributed by atoms with Crippen molar-refractivity contribution in [2.45, 2.75) is 45.3 Å². The highest BCUT2D eigenvalue weighted by Crippen LogP contribution is 2.38. The Morgan fingerprint density at radius 3 is 3.05 bits per heavy atom. The van der Waals surface area contributed by atoms with Crippen molar-refractivity contribution < 1.29 is 4.79 Å². The number of piperidine rings is 1. The van der Waals surface area contributed by atoms with Gasteiger partial charge >= 0.3 is 0 Å². The van der Waals surface area contributed by atoms with Gasteiger partial charge in [-0.1, -0.05) is 0 Å². The maximum absolute atomic E-state index is 11.5. The van der Waals surface area contributed by atoms with E-state index >= 15 is 0 Å². The van der Waals surface area contributed by atoms with Gasteiger partial charge in [-0.25, -0.2) is 9.67 Å². The van der Waals surface area contributed by atoms with E-state index in [1.807, 2.05) is 4.68 Å². The predicted molar refractivity (Wildman–Crippen MR) is 74.8 cm³/mol. The highest BCUT2D eigenvalue weighted by atomic mass is 16.1. The van der Waals surface area contributed by atoms with Gasteiger partial charge in [0.05, 0.1) is 6.54 Å². The average Bonchev–Trinajstić information content (AvgIpc) is 3.04. The molecular weight excluding hydrogens is 254 g/mol. The van der Waals surface area contributed by atoms with Crippen molar-refractivity contribution in [1.29, 1.82) is 0 Å². The van der Waals surface area contributed by atoms with Gasteiger partial charge in [-0.2, -0.15) is 5.10 Å². The molecule has 20 heavy (non-hydrogen) atoms. The van der Waals surface area contributed by atoms with E-state index in [2.05, 4.69) is 34.3 Å². The van der Waals surface area contributed by atoms with Gasteiger partial charge < -0.3 is 5.32 Å². The Morgan fingerprint density at radius 1 is 1.45 bits per heavy atom. The van der Waals surface area contributed by atoms with Crippen LogP contribution < -0.4 is 5.32 Å². The van der Waals surface area contributed by atoms with Crippen LogP contribution in [0.25, 0.3) is 0 Å². The summed E-state index contributed by atoms with van der Waals surface area (Å²) in [6.07, 6.45) is 4.65. The summed E-state index contributed by atoms with van der Waals surface area (Å²) < 4.78 is 1.95. The molecule has 1 aliphatic heterocycles. The SMILES string of the molecule is CCn1ncnc1CN(C)[C@H]1C[C@H]2CNC(=O)C[C@H]2C1. The minimum atomic E-state index is 0.222. The predicted octanol–water partition coefficient (Wildman–Crippen LogP) is 0.644. The molecule has 2 fully saturated rings. The highest BCUT2D eigenvalue weighted by molar-refractivity contribution is 5.77. The first-order valence-corrected chi connectivity index (χ1v) is 7.51. The lowest BCUT2D eigenvalue weighted by atomic mass is 9.89. The summed E-state index contributed by atoms with van der Waals surface area (Å²) in [5.41, 5.74) is 0. The topological polar surface area (TPSA) is 63.1 Å². The summed E-state index contributed by atoms with van der Waals surface area (Å²) >= 11 is 0. The fourth-order valence-electron chi connectivity index (χ4n) is 3.62. The monoisotopic (exact) mass is 277 g/mol. The van der Waals surface area contributed by atoms with Crippen molar-refractivity contribution in [3.63, 3.8) is 0 Å². The molecule has 1 amide bonds. The van der Waals surface area contributed by atoms with Crippen LogP contribution in [0.4, 0.5) is 0 Å². The Morgan fingerprint density at radius 2 is 2.25 bits per heavy atom. The molecule has 1 saturated carbocycles. The zero-order chi connectivity index (χ0) is 14.1. The van der Waals surface area contributed by atoms with Crippen molar-refractivity contribution in [3.05, 3.63) is 12.2 Å². The van der Waals surface area contributed by atoms with E-state index in [1.54, 1.807) is 6.33 Å². The summed E-state index contributed by atoms with van der Waals surface area (Å²) in [5.74, 6) is 2.48. The van der Waals surface area contributed by atoms with Crippen LogP contribution >= 0.6 is 0 Å². The van der Waals surface area contributed by atoms with Crippen molar-refractivity contribution >= 4 is 5.91 Å². The lowest BCUT2D eigenvalue weighted by Gasteiger charge is -2.24. The van der Waals surface area contributed by atoms with Gasteiger partial charge in [0, 0.05) is 25.6 Å². The zero-order valence-electron chi connectivity index (χ0n) is 12.2. The number of hydrogen-bond acceptors (Lipinski definition) is 4. The van der Waals surface area contributed by atoms with Crippen LogP contribution in [0.2, 0.25) is 0 Å². The quantitative estimate of drug-likeness (QED) is 0.877. The maximum Gasteiger partial charge on any atom is 0.220 e. The van der Waals surface area contributed by atoms with E-state index in [0.29, 0.717) is 24.3 Å². The Hall–Kier alpha value is -1.43. The standard InChI is InChI=1S/C14H23N5O/c1-3-19-13(16-9-17-19)8-18(2)12-4-10-6-14(20)15-7-11(10)5-12/h9-12H,3-8H2,1-2H3,(H,15,20)/t10-,11+,12-/m1/s1. The van der Waals surface area contributed by atoms with E-state index in [-0.39, 0.29) is 5.91 Å². The molecule has 1 N–H and O–H groups in total. The van der Waals surface area contributed by atoms with Crippen LogP contribution in [0.3, 0.4) is 0 Å². The number of nitrogens with zero attached hydrogens (tertiary/aromatic N) is 4. The molecule has 1 saturated heterocycles. The molecule has 1 aliphatic carbocycles. The third-order valence-electron chi connectivity index (χ3n) is 4.83. The number of aromatic nitrogens is 3. The molecule has 2 heterocycles. The lowest BCUT2D eigenvalue weighted by molar-refractivity contribution is -0.124. The fourth-order valence-corrected chi connectivity index (χ4v) is 3.62. The van der Waals surface area contributed by atoms with Crippen molar-refractivity contribution in [2.75, 3.05) is 13.6 Å². The van der Waals surface area contributed by atoms with E-state index < -0.39 is 0 Å². The van der Waals surface area contributed by atoms with Gasteiger partial charge in [0.1, 0.15) is 12.2 Å². The molecule has 1 aromatic heterocycles. The number of carbonyl (C=O) groups excluding carboxylic acids is 1. The Kier molecular flexibility index (Phi) is 3.74. The minimum absolute atomic E-state index is 0.222. The highest BCUT2D eigenvalue weighted by Gasteiger charge is 2.39. The molecule has 1 aromatic rings. The van der Waals surface area contributed by atoms with Gasteiger partial charge in [0.2, 0.25) is 5.91 Å². The fraction of sp³-hybridized carbons (Fsp3) is 0.786. The molecule has 6 nitrogen and oxygen atoms in total. The van der Waals surface area contributed by atoms with Gasteiger partial charge in [-0.3, -0.25) is 9.69 Å². The van der Waals surface area contributed by atoms with Gasteiger partial charge in [0.25, 0.3) is 0 Å². The van der Waals surface area contributed by atoms with Crippen molar-refractivity contribution in [1.82, 2.24) is 25.0 Å². The van der Waals surface area contributed by atoms with Crippen LogP contribution in [-0.4, -0.2) is 45.2 Å². The van der Waals surface area contributed by atoms with Gasteiger partial charge in [-0.15, -0.1) is 0 Å². The molecule has 2 aliphatic rings. The second-order valence-corrected chi connectivity index (χ2v) is 6.06. The summed E-state index contributed by atoms with van der Waals surface area (Å²) in [6, 6.07) is 0.555. The van der Waals surface area contributed by atoms with Gasteiger partial charge in [0.15, 0.2) is 0 Å². The van der Waals surface area contributed by atoms with Crippen LogP contribution in [0, 0.1) is 11.8 Å². The number of amides is 1. The molecule has 0 spiro atoms. The third-order valence-corrected chi connectivity index (χ3v) is 4.83. The molecule has 0 radical (unpaired) electrons. The molecule has 110 valence electrons. The first kappa shape index (κ1) is 13.5. The summed E-state index contributed by atoms with van der Waals surface area (Å²) in [5, 5.41) is 7.21. The molecule has 0 unspecified atom stereocenters. The summed E-state index contributed by atoms with van der Waals surface area (Å²) in [6.45, 7) is 4.63. The lowest BCUT2D eigenvalue weighted by Crippen LogP contribution is -2.38. The van der Waals surface area contributed by atoms with E-state index in [4.69, 9.17) is 0 Å². The number of hydrogen-bond donors (Lipinski definition) is 1. The molecule has 6 heteroatoms. The number of carbonyl (C=O) groups is 1. The van der Waals surface area contributed by atoms with Crippen LogP contribution in [0.5, 0.6) is 0 Å². The van der Waals surface area contributed by atoms with Crippen LogP contribution in [0.1, 0.15) is 32.0 Å². The number of nitrogens with one attached hydrogen (secondary N) is 1. The van der Waals surface area contributed by atoms with E-state index in [9.17, 15) is 4.79 Å². The largest absolute Gasteiger partial charge is 0.356 e. The molecule has 0 bridgehead atoms. The zero-order valence-corrected chi connectivity index (χ0v) is 12.2. The molecule has 3 atom stereocenters. The van der Waals surface area contributed by atoms with Crippen LogP contribution in [-0.2, 0) is 17.9 Å². The maximum atomic E-state index is 11.5. The second kappa shape index (κ2) is 5.52. The first-order chi connectivity index (χ1) is 9.67.